The van der Waals surface area contributed by atoms with Crippen LogP contribution in [0.3, 0.4) is 0 Å². The molecule has 154 valence electrons. The first-order valence-electron chi connectivity index (χ1n) is 9.23. The molecule has 0 spiro atoms. The Morgan fingerprint density at radius 2 is 2.00 bits per heavy atom. The molecule has 29 heavy (non-hydrogen) atoms. The van der Waals surface area contributed by atoms with Gasteiger partial charge in [0.1, 0.15) is 5.82 Å². The Labute approximate surface area is 163 Å². The Morgan fingerprint density at radius 3 is 2.66 bits per heavy atom. The molecule has 1 N–H and O–H groups in total. The van der Waals surface area contributed by atoms with Gasteiger partial charge in [0.2, 0.25) is 5.91 Å². The molecular formula is C17H19F3N8O. The predicted molar refractivity (Wildman–Crippen MR) is 97.3 cm³/mol. The second-order valence-electron chi connectivity index (χ2n) is 6.82. The summed E-state index contributed by atoms with van der Waals surface area (Å²) in [7, 11) is 0. The fourth-order valence-electron chi connectivity index (χ4n) is 3.34. The van der Waals surface area contributed by atoms with Crippen LogP contribution in [0.5, 0.6) is 0 Å². The van der Waals surface area contributed by atoms with E-state index in [1.165, 1.54) is 6.07 Å². The molecular weight excluding hydrogens is 389 g/mol. The largest absolute Gasteiger partial charge is 0.453 e. The number of amides is 1. The van der Waals surface area contributed by atoms with Crippen molar-refractivity contribution in [3.8, 4) is 0 Å². The first-order chi connectivity index (χ1) is 13.8. The van der Waals surface area contributed by atoms with Crippen molar-refractivity contribution in [1.29, 1.82) is 0 Å². The monoisotopic (exact) mass is 408 g/mol. The Balaban J connectivity index is 1.42. The maximum atomic E-state index is 13.0. The number of alkyl halides is 3. The van der Waals surface area contributed by atoms with Gasteiger partial charge in [-0.1, -0.05) is 0 Å². The standard InChI is InChI=1S/C17H19F3N8O/c1-2-27-10-12(9-21-27)22-15(29)11-5-7-26(8-6-11)14-4-3-13-23-24-16(17(18,19)20)28(13)25-14/h3-4,9-11H,2,5-8H2,1H3,(H,22,29). The highest BCUT2D eigenvalue weighted by Crippen LogP contribution is 2.29. The number of carbonyl (C=O) groups excluding carboxylic acids is 1. The molecule has 12 heteroatoms. The van der Waals surface area contributed by atoms with Gasteiger partial charge < -0.3 is 10.2 Å². The highest BCUT2D eigenvalue weighted by atomic mass is 19.4. The van der Waals surface area contributed by atoms with Gasteiger partial charge in [-0.05, 0) is 31.9 Å². The van der Waals surface area contributed by atoms with Crippen LogP contribution in [0.25, 0.3) is 5.65 Å². The lowest BCUT2D eigenvalue weighted by atomic mass is 9.96. The normalized spacial score (nSPS) is 15.8. The number of halogens is 3. The van der Waals surface area contributed by atoms with Crippen molar-refractivity contribution in [3.05, 3.63) is 30.4 Å². The van der Waals surface area contributed by atoms with E-state index in [9.17, 15) is 18.0 Å². The number of hydrogen-bond donors (Lipinski definition) is 1. The predicted octanol–water partition coefficient (Wildman–Crippen LogP) is 2.21. The molecule has 1 saturated heterocycles. The minimum Gasteiger partial charge on any atom is -0.355 e. The van der Waals surface area contributed by atoms with Crippen LogP contribution in [-0.2, 0) is 17.5 Å². The summed E-state index contributed by atoms with van der Waals surface area (Å²) in [6.07, 6.45) is -0.123. The van der Waals surface area contributed by atoms with Gasteiger partial charge >= 0.3 is 6.18 Å². The summed E-state index contributed by atoms with van der Waals surface area (Å²) in [5.74, 6) is -1.02. The Morgan fingerprint density at radius 1 is 1.24 bits per heavy atom. The third-order valence-corrected chi connectivity index (χ3v) is 4.92. The van der Waals surface area contributed by atoms with Crippen LogP contribution in [0.2, 0.25) is 0 Å². The summed E-state index contributed by atoms with van der Waals surface area (Å²) in [4.78, 5) is 14.3. The number of nitrogens with one attached hydrogen (secondary N) is 1. The van der Waals surface area contributed by atoms with Gasteiger partial charge in [0, 0.05) is 31.7 Å². The zero-order valence-electron chi connectivity index (χ0n) is 15.6. The molecule has 0 aliphatic carbocycles. The van der Waals surface area contributed by atoms with Crippen molar-refractivity contribution in [1.82, 2.24) is 29.6 Å². The van der Waals surface area contributed by atoms with Crippen LogP contribution >= 0.6 is 0 Å². The van der Waals surface area contributed by atoms with Gasteiger partial charge in [-0.25, -0.2) is 0 Å². The minimum absolute atomic E-state index is 0.0305. The van der Waals surface area contributed by atoms with Crippen molar-refractivity contribution >= 4 is 23.1 Å². The van der Waals surface area contributed by atoms with Crippen molar-refractivity contribution < 1.29 is 18.0 Å². The maximum absolute atomic E-state index is 13.0. The average molecular weight is 408 g/mol. The van der Waals surface area contributed by atoms with Crippen molar-refractivity contribution in [3.63, 3.8) is 0 Å². The van der Waals surface area contributed by atoms with Crippen LogP contribution in [0.1, 0.15) is 25.6 Å². The maximum Gasteiger partial charge on any atom is 0.453 e. The van der Waals surface area contributed by atoms with Gasteiger partial charge in [-0.2, -0.15) is 22.8 Å². The summed E-state index contributed by atoms with van der Waals surface area (Å²) < 4.78 is 41.6. The second-order valence-corrected chi connectivity index (χ2v) is 6.82. The summed E-state index contributed by atoms with van der Waals surface area (Å²) in [5.41, 5.74) is 0.682. The summed E-state index contributed by atoms with van der Waals surface area (Å²) in [6.45, 7) is 3.69. The lowest BCUT2D eigenvalue weighted by Gasteiger charge is -2.31. The molecule has 1 aliphatic heterocycles. The average Bonchev–Trinajstić information content (AvgIpc) is 3.33. The molecule has 1 fully saturated rings. The number of rotatable bonds is 4. The first kappa shape index (κ1) is 19.2. The number of nitrogens with zero attached hydrogens (tertiary/aromatic N) is 7. The van der Waals surface area contributed by atoms with E-state index in [1.807, 2.05) is 11.8 Å². The van der Waals surface area contributed by atoms with E-state index in [-0.39, 0.29) is 17.5 Å². The lowest BCUT2D eigenvalue weighted by Crippen LogP contribution is -2.38. The molecule has 0 aromatic carbocycles. The Bertz CT molecular complexity index is 1020. The van der Waals surface area contributed by atoms with Gasteiger partial charge in [0.15, 0.2) is 5.65 Å². The minimum atomic E-state index is -4.64. The topological polar surface area (TPSA) is 93.2 Å². The molecule has 1 aliphatic rings. The number of aromatic nitrogens is 6. The molecule has 0 radical (unpaired) electrons. The number of fused-ring (bicyclic) bond motifs is 1. The van der Waals surface area contributed by atoms with Crippen LogP contribution in [0, 0.1) is 5.92 Å². The molecule has 0 atom stereocenters. The van der Waals surface area contributed by atoms with Gasteiger partial charge in [-0.3, -0.25) is 9.48 Å². The SMILES string of the molecule is CCn1cc(NC(=O)C2CCN(c3ccc4nnc(C(F)(F)F)n4n3)CC2)cn1. The fourth-order valence-corrected chi connectivity index (χ4v) is 3.34. The highest BCUT2D eigenvalue weighted by Gasteiger charge is 2.38. The third-order valence-electron chi connectivity index (χ3n) is 4.92. The zero-order valence-corrected chi connectivity index (χ0v) is 15.6. The molecule has 0 unspecified atom stereocenters. The van der Waals surface area contributed by atoms with E-state index in [0.29, 0.717) is 48.5 Å². The zero-order chi connectivity index (χ0) is 20.6. The molecule has 3 aromatic heterocycles. The molecule has 0 bridgehead atoms. The number of hydrogen-bond acceptors (Lipinski definition) is 6. The fraction of sp³-hybridized carbons (Fsp3) is 0.471. The molecule has 0 saturated carbocycles. The molecule has 1 amide bonds. The van der Waals surface area contributed by atoms with Crippen molar-refractivity contribution in [2.75, 3.05) is 23.3 Å². The van der Waals surface area contributed by atoms with Crippen LogP contribution in [-0.4, -0.2) is 48.6 Å². The Kier molecular flexibility index (Phi) is 4.84. The number of carbonyl (C=O) groups is 1. The molecule has 9 nitrogen and oxygen atoms in total. The van der Waals surface area contributed by atoms with Gasteiger partial charge in [0.25, 0.3) is 5.82 Å². The summed E-state index contributed by atoms with van der Waals surface area (Å²) in [5, 5.41) is 17.7. The molecule has 4 heterocycles. The van der Waals surface area contributed by atoms with Crippen molar-refractivity contribution in [2.45, 2.75) is 32.5 Å². The van der Waals surface area contributed by atoms with Gasteiger partial charge in [0.05, 0.1) is 11.9 Å². The van der Waals surface area contributed by atoms with E-state index in [1.54, 1.807) is 23.1 Å². The highest BCUT2D eigenvalue weighted by molar-refractivity contribution is 5.92. The number of aryl methyl sites for hydroxylation is 1. The lowest BCUT2D eigenvalue weighted by molar-refractivity contribution is -0.146. The van der Waals surface area contributed by atoms with Crippen LogP contribution in [0.4, 0.5) is 24.7 Å². The molecule has 4 rings (SSSR count). The molecule has 3 aromatic rings. The summed E-state index contributed by atoms with van der Waals surface area (Å²) >= 11 is 0. The van der Waals surface area contributed by atoms with Crippen LogP contribution in [0.15, 0.2) is 24.5 Å². The van der Waals surface area contributed by atoms with Crippen molar-refractivity contribution in [2.24, 2.45) is 5.92 Å². The van der Waals surface area contributed by atoms with E-state index in [4.69, 9.17) is 0 Å². The first-order valence-corrected chi connectivity index (χ1v) is 9.23. The van der Waals surface area contributed by atoms with E-state index < -0.39 is 12.0 Å². The van der Waals surface area contributed by atoms with E-state index >= 15 is 0 Å². The smallest absolute Gasteiger partial charge is 0.355 e. The van der Waals surface area contributed by atoms with Crippen LogP contribution < -0.4 is 10.2 Å². The quantitative estimate of drug-likeness (QED) is 0.712. The number of piperidine rings is 1. The summed E-state index contributed by atoms with van der Waals surface area (Å²) in [6, 6.07) is 3.07. The van der Waals surface area contributed by atoms with Gasteiger partial charge in [-0.15, -0.1) is 15.3 Å². The van der Waals surface area contributed by atoms with E-state index in [0.717, 1.165) is 0 Å². The number of anilines is 2. The third kappa shape index (κ3) is 3.87. The Hall–Kier alpha value is -3.18. The van der Waals surface area contributed by atoms with E-state index in [2.05, 4.69) is 25.7 Å². The second kappa shape index (κ2) is 7.33.